The van der Waals surface area contributed by atoms with Gasteiger partial charge in [-0.2, -0.15) is 0 Å². The molecule has 0 saturated heterocycles. The van der Waals surface area contributed by atoms with E-state index in [2.05, 4.69) is 29.4 Å². The number of rotatable bonds is 8. The number of amides is 2. The summed E-state index contributed by atoms with van der Waals surface area (Å²) in [5, 5.41) is 5.57. The first-order chi connectivity index (χ1) is 10.5. The largest absolute Gasteiger partial charge is 0.351 e. The normalized spacial score (nSPS) is 12.0. The van der Waals surface area contributed by atoms with Gasteiger partial charge in [0.05, 0.1) is 6.04 Å². The lowest BCUT2D eigenvalue weighted by Gasteiger charge is -2.18. The van der Waals surface area contributed by atoms with Crippen LogP contribution in [-0.2, 0) is 4.79 Å². The van der Waals surface area contributed by atoms with E-state index < -0.39 is 6.04 Å². The van der Waals surface area contributed by atoms with E-state index in [0.29, 0.717) is 17.8 Å². The Balaban J connectivity index is 2.48. The van der Waals surface area contributed by atoms with Crippen molar-refractivity contribution in [2.75, 3.05) is 31.5 Å². The van der Waals surface area contributed by atoms with Crippen molar-refractivity contribution < 1.29 is 9.59 Å². The lowest BCUT2D eigenvalue weighted by Crippen LogP contribution is -2.34. The van der Waals surface area contributed by atoms with Crippen molar-refractivity contribution in [1.29, 1.82) is 0 Å². The van der Waals surface area contributed by atoms with E-state index in [1.165, 1.54) is 0 Å². The van der Waals surface area contributed by atoms with Crippen molar-refractivity contribution >= 4 is 17.5 Å². The van der Waals surface area contributed by atoms with E-state index in [1.807, 2.05) is 0 Å². The third kappa shape index (κ3) is 5.83. The zero-order valence-corrected chi connectivity index (χ0v) is 13.6. The highest BCUT2D eigenvalue weighted by atomic mass is 16.2. The van der Waals surface area contributed by atoms with Gasteiger partial charge < -0.3 is 21.3 Å². The lowest BCUT2D eigenvalue weighted by atomic mass is 10.2. The molecule has 22 heavy (non-hydrogen) atoms. The molecule has 1 atom stereocenters. The number of nitrogens with zero attached hydrogens (tertiary/aromatic N) is 1. The van der Waals surface area contributed by atoms with Crippen LogP contribution in [0.5, 0.6) is 0 Å². The van der Waals surface area contributed by atoms with Crippen molar-refractivity contribution in [2.45, 2.75) is 26.8 Å². The molecule has 122 valence electrons. The topological polar surface area (TPSA) is 87.5 Å². The number of nitrogens with one attached hydrogen (secondary N) is 2. The molecule has 0 saturated carbocycles. The molecule has 1 rings (SSSR count). The van der Waals surface area contributed by atoms with Crippen LogP contribution in [0, 0.1) is 0 Å². The standard InChI is InChI=1S/C16H26N4O2/c1-4-20(5-2)11-10-18-16(22)13-6-8-14(9-7-13)19-15(21)12(3)17/h6-9,12H,4-5,10-11,17H2,1-3H3,(H,18,22)(H,19,21). The van der Waals surface area contributed by atoms with Crippen molar-refractivity contribution in [1.82, 2.24) is 10.2 Å². The van der Waals surface area contributed by atoms with E-state index in [0.717, 1.165) is 19.6 Å². The second-order valence-electron chi connectivity index (χ2n) is 5.14. The van der Waals surface area contributed by atoms with Crippen LogP contribution in [0.3, 0.4) is 0 Å². The maximum Gasteiger partial charge on any atom is 0.251 e. The van der Waals surface area contributed by atoms with Gasteiger partial charge in [0.2, 0.25) is 5.91 Å². The van der Waals surface area contributed by atoms with Crippen LogP contribution in [-0.4, -0.2) is 48.9 Å². The summed E-state index contributed by atoms with van der Waals surface area (Å²) in [5.41, 5.74) is 6.68. The van der Waals surface area contributed by atoms with E-state index in [1.54, 1.807) is 31.2 Å². The molecule has 1 unspecified atom stereocenters. The fourth-order valence-electron chi connectivity index (χ4n) is 1.93. The summed E-state index contributed by atoms with van der Waals surface area (Å²) in [7, 11) is 0. The summed E-state index contributed by atoms with van der Waals surface area (Å²) in [6.07, 6.45) is 0. The second kappa shape index (κ2) is 9.17. The summed E-state index contributed by atoms with van der Waals surface area (Å²) in [4.78, 5) is 25.7. The molecular formula is C16H26N4O2. The van der Waals surface area contributed by atoms with Crippen molar-refractivity contribution in [3.63, 3.8) is 0 Å². The lowest BCUT2D eigenvalue weighted by molar-refractivity contribution is -0.117. The van der Waals surface area contributed by atoms with Gasteiger partial charge in [0.25, 0.3) is 5.91 Å². The van der Waals surface area contributed by atoms with Gasteiger partial charge >= 0.3 is 0 Å². The number of anilines is 1. The summed E-state index contributed by atoms with van der Waals surface area (Å²) >= 11 is 0. The highest BCUT2D eigenvalue weighted by Gasteiger charge is 2.09. The Labute approximate surface area is 132 Å². The van der Waals surface area contributed by atoms with Gasteiger partial charge in [-0.15, -0.1) is 0 Å². The fourth-order valence-corrected chi connectivity index (χ4v) is 1.93. The molecule has 0 bridgehead atoms. The number of hydrogen-bond acceptors (Lipinski definition) is 4. The van der Waals surface area contributed by atoms with Crippen LogP contribution in [0.25, 0.3) is 0 Å². The molecule has 0 spiro atoms. The van der Waals surface area contributed by atoms with Gasteiger partial charge in [-0.1, -0.05) is 13.8 Å². The van der Waals surface area contributed by atoms with Crippen LogP contribution < -0.4 is 16.4 Å². The predicted octanol–water partition coefficient (Wildman–Crippen LogP) is 1.04. The third-order valence-corrected chi connectivity index (χ3v) is 3.44. The smallest absolute Gasteiger partial charge is 0.251 e. The zero-order valence-electron chi connectivity index (χ0n) is 13.6. The first-order valence-corrected chi connectivity index (χ1v) is 7.65. The van der Waals surface area contributed by atoms with E-state index in [-0.39, 0.29) is 11.8 Å². The number of carbonyl (C=O) groups excluding carboxylic acids is 2. The van der Waals surface area contributed by atoms with Gasteiger partial charge in [0.15, 0.2) is 0 Å². The SMILES string of the molecule is CCN(CC)CCNC(=O)c1ccc(NC(=O)C(C)N)cc1. The average molecular weight is 306 g/mol. The Kier molecular flexibility index (Phi) is 7.56. The molecule has 6 heteroatoms. The maximum absolute atomic E-state index is 12.0. The first kappa shape index (κ1) is 18.1. The highest BCUT2D eigenvalue weighted by Crippen LogP contribution is 2.09. The molecule has 1 aromatic carbocycles. The van der Waals surface area contributed by atoms with Crippen molar-refractivity contribution in [3.8, 4) is 0 Å². The number of carbonyl (C=O) groups is 2. The quantitative estimate of drug-likeness (QED) is 0.670. The zero-order chi connectivity index (χ0) is 16.5. The summed E-state index contributed by atoms with van der Waals surface area (Å²) < 4.78 is 0. The fraction of sp³-hybridized carbons (Fsp3) is 0.500. The molecule has 0 heterocycles. The van der Waals surface area contributed by atoms with Gasteiger partial charge in [0.1, 0.15) is 0 Å². The number of benzene rings is 1. The minimum absolute atomic E-state index is 0.114. The Hall–Kier alpha value is -1.92. The van der Waals surface area contributed by atoms with Crippen molar-refractivity contribution in [2.24, 2.45) is 5.73 Å². The Bertz CT molecular complexity index is 481. The molecule has 0 aliphatic rings. The van der Waals surface area contributed by atoms with Gasteiger partial charge in [0, 0.05) is 24.3 Å². The highest BCUT2D eigenvalue weighted by molar-refractivity contribution is 5.96. The van der Waals surface area contributed by atoms with Crippen LogP contribution in [0.4, 0.5) is 5.69 Å². The molecule has 4 N–H and O–H groups in total. The molecule has 0 aliphatic carbocycles. The first-order valence-electron chi connectivity index (χ1n) is 7.65. The number of hydrogen-bond donors (Lipinski definition) is 3. The van der Waals surface area contributed by atoms with Gasteiger partial charge in [-0.05, 0) is 44.3 Å². The molecule has 0 radical (unpaired) electrons. The summed E-state index contributed by atoms with van der Waals surface area (Å²) in [5.74, 6) is -0.367. The molecule has 1 aromatic rings. The second-order valence-corrected chi connectivity index (χ2v) is 5.14. The van der Waals surface area contributed by atoms with Crippen molar-refractivity contribution in [3.05, 3.63) is 29.8 Å². The van der Waals surface area contributed by atoms with Crippen LogP contribution >= 0.6 is 0 Å². The third-order valence-electron chi connectivity index (χ3n) is 3.44. The Morgan fingerprint density at radius 1 is 1.18 bits per heavy atom. The summed E-state index contributed by atoms with van der Waals surface area (Å²) in [6.45, 7) is 9.21. The monoisotopic (exact) mass is 306 g/mol. The molecule has 0 aliphatic heterocycles. The van der Waals surface area contributed by atoms with Gasteiger partial charge in [-0.25, -0.2) is 0 Å². The average Bonchev–Trinajstić information content (AvgIpc) is 2.52. The van der Waals surface area contributed by atoms with E-state index in [9.17, 15) is 9.59 Å². The van der Waals surface area contributed by atoms with Crippen LogP contribution in [0.1, 0.15) is 31.1 Å². The maximum atomic E-state index is 12.0. The Morgan fingerprint density at radius 3 is 2.27 bits per heavy atom. The van der Waals surface area contributed by atoms with E-state index in [4.69, 9.17) is 5.73 Å². The summed E-state index contributed by atoms with van der Waals surface area (Å²) in [6, 6.07) is 6.19. The minimum atomic E-state index is -0.567. The van der Waals surface area contributed by atoms with Crippen LogP contribution in [0.2, 0.25) is 0 Å². The van der Waals surface area contributed by atoms with Gasteiger partial charge in [-0.3, -0.25) is 9.59 Å². The number of nitrogens with two attached hydrogens (primary N) is 1. The Morgan fingerprint density at radius 2 is 1.77 bits per heavy atom. The number of likely N-dealkylation sites (N-methyl/N-ethyl adjacent to an activating group) is 1. The molecule has 6 nitrogen and oxygen atoms in total. The molecule has 2 amide bonds. The predicted molar refractivity (Wildman–Crippen MR) is 88.8 cm³/mol. The minimum Gasteiger partial charge on any atom is -0.351 e. The van der Waals surface area contributed by atoms with E-state index >= 15 is 0 Å². The van der Waals surface area contributed by atoms with Crippen LogP contribution in [0.15, 0.2) is 24.3 Å². The molecule has 0 aromatic heterocycles. The molecule has 0 fully saturated rings. The molecular weight excluding hydrogens is 280 g/mol.